The first-order chi connectivity index (χ1) is 12.7. The number of aryl methyl sites for hydroxylation is 1. The molecule has 2 fully saturated rings. The number of rotatable bonds is 4. The maximum Gasteiger partial charge on any atom is 0.170 e. The lowest BCUT2D eigenvalue weighted by molar-refractivity contribution is 0.0220. The van der Waals surface area contributed by atoms with E-state index >= 15 is 0 Å². The predicted molar refractivity (Wildman–Crippen MR) is 115 cm³/mol. The van der Waals surface area contributed by atoms with Gasteiger partial charge in [0.15, 0.2) is 5.11 Å². The van der Waals surface area contributed by atoms with Crippen LogP contribution in [0.15, 0.2) is 41.8 Å². The van der Waals surface area contributed by atoms with Crippen molar-refractivity contribution in [2.75, 3.05) is 5.32 Å². The molecule has 0 radical (unpaired) electrons. The molecule has 0 unspecified atom stereocenters. The second kappa shape index (κ2) is 8.07. The Kier molecular flexibility index (Phi) is 5.57. The van der Waals surface area contributed by atoms with Gasteiger partial charge in [0.1, 0.15) is 0 Å². The molecular formula is C21H27N3S2. The van der Waals surface area contributed by atoms with Gasteiger partial charge in [-0.2, -0.15) is 0 Å². The number of benzene rings is 1. The molecule has 138 valence electrons. The van der Waals surface area contributed by atoms with Gasteiger partial charge in [0.2, 0.25) is 0 Å². The van der Waals surface area contributed by atoms with Crippen molar-refractivity contribution in [1.82, 2.24) is 10.2 Å². The second-order valence-corrected chi connectivity index (χ2v) is 9.06. The minimum absolute atomic E-state index is 0.482. The zero-order valence-corrected chi connectivity index (χ0v) is 16.9. The normalized spacial score (nSPS) is 25.7. The van der Waals surface area contributed by atoms with E-state index in [-0.39, 0.29) is 0 Å². The van der Waals surface area contributed by atoms with E-state index < -0.39 is 0 Å². The molecule has 0 saturated carbocycles. The number of hydrogen-bond acceptors (Lipinski definition) is 3. The lowest BCUT2D eigenvalue weighted by Crippen LogP contribution is -2.56. The standard InChI is InChI=1S/C21H27N3S2/c1-15-7-9-16(10-8-15)22-21(25)23-17-12-18-4-2-5-19(13-17)24(18)14-20-6-3-11-26-20/h3,6-11,17-19H,2,4-5,12-14H2,1H3,(H2,22,23,25)/t18-,19-/m0/s1. The molecule has 0 amide bonds. The van der Waals surface area contributed by atoms with Crippen molar-refractivity contribution in [3.63, 3.8) is 0 Å². The van der Waals surface area contributed by atoms with Crippen LogP contribution in [0.2, 0.25) is 0 Å². The van der Waals surface area contributed by atoms with E-state index in [1.54, 1.807) is 0 Å². The lowest BCUT2D eigenvalue weighted by atomic mass is 9.81. The van der Waals surface area contributed by atoms with Crippen molar-refractivity contribution >= 4 is 34.4 Å². The molecule has 0 spiro atoms. The molecular weight excluding hydrogens is 358 g/mol. The van der Waals surface area contributed by atoms with Gasteiger partial charge in [-0.1, -0.05) is 30.2 Å². The maximum absolute atomic E-state index is 5.57. The first kappa shape index (κ1) is 18.0. The zero-order valence-electron chi connectivity index (χ0n) is 15.3. The number of hydrogen-bond donors (Lipinski definition) is 2. The van der Waals surface area contributed by atoms with Gasteiger partial charge >= 0.3 is 0 Å². The van der Waals surface area contributed by atoms with Gasteiger partial charge in [-0.15, -0.1) is 11.3 Å². The Bertz CT molecular complexity index is 712. The second-order valence-electron chi connectivity index (χ2n) is 7.62. The van der Waals surface area contributed by atoms with Crippen molar-refractivity contribution < 1.29 is 0 Å². The van der Waals surface area contributed by atoms with Crippen LogP contribution in [0.4, 0.5) is 5.69 Å². The molecule has 2 N–H and O–H groups in total. The van der Waals surface area contributed by atoms with Gasteiger partial charge in [0.05, 0.1) is 0 Å². The number of piperidine rings is 2. The quantitative estimate of drug-likeness (QED) is 0.730. The highest BCUT2D eigenvalue weighted by Gasteiger charge is 2.38. The number of nitrogens with one attached hydrogen (secondary N) is 2. The molecule has 2 atom stereocenters. The van der Waals surface area contributed by atoms with E-state index in [1.807, 2.05) is 11.3 Å². The monoisotopic (exact) mass is 385 g/mol. The van der Waals surface area contributed by atoms with Crippen molar-refractivity contribution in [3.05, 3.63) is 52.2 Å². The van der Waals surface area contributed by atoms with Crippen molar-refractivity contribution in [2.45, 2.75) is 63.7 Å². The minimum atomic E-state index is 0.482. The van der Waals surface area contributed by atoms with Gasteiger partial charge in [0.25, 0.3) is 0 Å². The van der Waals surface area contributed by atoms with Crippen LogP contribution in [0.1, 0.15) is 42.5 Å². The van der Waals surface area contributed by atoms with Crippen LogP contribution in [0.25, 0.3) is 0 Å². The van der Waals surface area contributed by atoms with Gasteiger partial charge in [-0.05, 0) is 68.4 Å². The summed E-state index contributed by atoms with van der Waals surface area (Å²) in [6, 6.07) is 14.7. The van der Waals surface area contributed by atoms with Crippen LogP contribution >= 0.6 is 23.6 Å². The average Bonchev–Trinajstić information content (AvgIpc) is 3.11. The molecule has 0 aliphatic carbocycles. The molecule has 5 heteroatoms. The maximum atomic E-state index is 5.57. The van der Waals surface area contributed by atoms with E-state index in [4.69, 9.17) is 12.2 Å². The Morgan fingerprint density at radius 3 is 2.54 bits per heavy atom. The molecule has 1 aromatic heterocycles. The van der Waals surface area contributed by atoms with Crippen LogP contribution in [-0.2, 0) is 6.54 Å². The van der Waals surface area contributed by atoms with Gasteiger partial charge < -0.3 is 10.6 Å². The van der Waals surface area contributed by atoms with E-state index in [0.717, 1.165) is 17.3 Å². The Morgan fingerprint density at radius 2 is 1.88 bits per heavy atom. The molecule has 26 heavy (non-hydrogen) atoms. The van der Waals surface area contributed by atoms with E-state index in [1.165, 1.54) is 42.5 Å². The third-order valence-corrected chi connectivity index (χ3v) is 6.77. The van der Waals surface area contributed by atoms with Gasteiger partial charge in [0, 0.05) is 35.2 Å². The fourth-order valence-electron chi connectivity index (χ4n) is 4.43. The van der Waals surface area contributed by atoms with Gasteiger partial charge in [-0.3, -0.25) is 4.90 Å². The predicted octanol–water partition coefficient (Wildman–Crippen LogP) is 4.93. The Labute approximate surface area is 165 Å². The smallest absolute Gasteiger partial charge is 0.170 e. The molecule has 3 nitrogen and oxygen atoms in total. The summed E-state index contributed by atoms with van der Waals surface area (Å²) in [5, 5.41) is 9.87. The summed E-state index contributed by atoms with van der Waals surface area (Å²) in [5.74, 6) is 0. The molecule has 2 saturated heterocycles. The summed E-state index contributed by atoms with van der Waals surface area (Å²) in [7, 11) is 0. The van der Waals surface area contributed by atoms with Crippen LogP contribution in [0.5, 0.6) is 0 Å². The summed E-state index contributed by atoms with van der Waals surface area (Å²) in [6.07, 6.45) is 6.39. The molecule has 4 rings (SSSR count). The summed E-state index contributed by atoms with van der Waals surface area (Å²) in [6.45, 7) is 3.22. The Morgan fingerprint density at radius 1 is 1.15 bits per heavy atom. The van der Waals surface area contributed by atoms with Crippen LogP contribution in [0, 0.1) is 6.92 Å². The molecule has 3 heterocycles. The average molecular weight is 386 g/mol. The van der Waals surface area contributed by atoms with Crippen molar-refractivity contribution in [2.24, 2.45) is 0 Å². The first-order valence-corrected chi connectivity index (χ1v) is 10.9. The summed E-state index contributed by atoms with van der Waals surface area (Å²) >= 11 is 7.45. The summed E-state index contributed by atoms with van der Waals surface area (Å²) in [4.78, 5) is 4.24. The number of thiocarbonyl (C=S) groups is 1. The molecule has 2 aliphatic heterocycles. The third kappa shape index (κ3) is 4.27. The third-order valence-electron chi connectivity index (χ3n) is 5.69. The molecule has 2 bridgehead atoms. The summed E-state index contributed by atoms with van der Waals surface area (Å²) < 4.78 is 0. The zero-order chi connectivity index (χ0) is 17.9. The van der Waals surface area contributed by atoms with Crippen LogP contribution in [-0.4, -0.2) is 28.1 Å². The van der Waals surface area contributed by atoms with E-state index in [9.17, 15) is 0 Å². The van der Waals surface area contributed by atoms with E-state index in [0.29, 0.717) is 18.1 Å². The number of fused-ring (bicyclic) bond motifs is 2. The lowest BCUT2D eigenvalue weighted by Gasteiger charge is -2.49. The number of nitrogens with zero attached hydrogens (tertiary/aromatic N) is 1. The Hall–Kier alpha value is -1.43. The van der Waals surface area contributed by atoms with Crippen LogP contribution in [0.3, 0.4) is 0 Å². The highest BCUT2D eigenvalue weighted by Crippen LogP contribution is 2.35. The Balaban J connectivity index is 1.34. The van der Waals surface area contributed by atoms with Crippen molar-refractivity contribution in [1.29, 1.82) is 0 Å². The largest absolute Gasteiger partial charge is 0.360 e. The molecule has 2 aliphatic rings. The first-order valence-electron chi connectivity index (χ1n) is 9.60. The fourth-order valence-corrected chi connectivity index (χ4v) is 5.42. The topological polar surface area (TPSA) is 27.3 Å². The van der Waals surface area contributed by atoms with Crippen molar-refractivity contribution in [3.8, 4) is 0 Å². The SMILES string of the molecule is Cc1ccc(NC(=S)NC2C[C@@H]3CCC[C@@H](C2)N3Cc2cccs2)cc1. The number of thiophene rings is 1. The minimum Gasteiger partial charge on any atom is -0.360 e. The molecule has 2 aromatic rings. The molecule has 1 aromatic carbocycles. The highest BCUT2D eigenvalue weighted by molar-refractivity contribution is 7.80. The van der Waals surface area contributed by atoms with Gasteiger partial charge in [-0.25, -0.2) is 0 Å². The summed E-state index contributed by atoms with van der Waals surface area (Å²) in [5.41, 5.74) is 2.32. The highest BCUT2D eigenvalue weighted by atomic mass is 32.1. The van der Waals surface area contributed by atoms with Crippen LogP contribution < -0.4 is 10.6 Å². The van der Waals surface area contributed by atoms with E-state index in [2.05, 4.69) is 64.2 Å². The fraction of sp³-hybridized carbons (Fsp3) is 0.476. The number of anilines is 1.